The number of rotatable bonds is 6. The molecule has 1 rings (SSSR count). The molecule has 18 heavy (non-hydrogen) atoms. The second-order valence-corrected chi connectivity index (χ2v) is 5.32. The van der Waals surface area contributed by atoms with Crippen LogP contribution in [0.1, 0.15) is 39.0 Å². The number of carboxylic acids is 1. The number of hydrogen-bond donors (Lipinski definition) is 3. The molecule has 0 aromatic rings. The molecule has 1 saturated carbocycles. The van der Waals surface area contributed by atoms with Crippen molar-refractivity contribution in [1.29, 1.82) is 0 Å². The van der Waals surface area contributed by atoms with Crippen molar-refractivity contribution < 1.29 is 14.7 Å². The minimum absolute atomic E-state index is 0.0736. The van der Waals surface area contributed by atoms with Crippen LogP contribution in [0.2, 0.25) is 0 Å². The van der Waals surface area contributed by atoms with Gasteiger partial charge in [0.25, 0.3) is 0 Å². The number of amides is 1. The highest BCUT2D eigenvalue weighted by Crippen LogP contribution is 2.36. The number of aliphatic carboxylic acids is 1. The molecule has 1 aliphatic carbocycles. The molecule has 0 heterocycles. The van der Waals surface area contributed by atoms with E-state index in [4.69, 9.17) is 0 Å². The second kappa shape index (κ2) is 6.73. The van der Waals surface area contributed by atoms with Gasteiger partial charge in [0.2, 0.25) is 5.91 Å². The maximum absolute atomic E-state index is 11.8. The Labute approximate surface area is 108 Å². The van der Waals surface area contributed by atoms with Crippen molar-refractivity contribution >= 4 is 11.9 Å². The van der Waals surface area contributed by atoms with Crippen molar-refractivity contribution in [2.24, 2.45) is 11.3 Å². The van der Waals surface area contributed by atoms with E-state index in [1.54, 1.807) is 7.05 Å². The van der Waals surface area contributed by atoms with Crippen molar-refractivity contribution in [3.05, 3.63) is 0 Å². The Morgan fingerprint density at radius 3 is 2.39 bits per heavy atom. The van der Waals surface area contributed by atoms with E-state index in [1.165, 1.54) is 0 Å². The SMILES string of the molecule is CNCC(C)C(=O)NCC1(C(=O)O)CCCCC1. The highest BCUT2D eigenvalue weighted by atomic mass is 16.4. The largest absolute Gasteiger partial charge is 0.481 e. The Kier molecular flexibility index (Phi) is 5.59. The van der Waals surface area contributed by atoms with Gasteiger partial charge in [-0.25, -0.2) is 0 Å². The number of hydrogen-bond acceptors (Lipinski definition) is 3. The van der Waals surface area contributed by atoms with Crippen LogP contribution in [0.4, 0.5) is 0 Å². The second-order valence-electron chi connectivity index (χ2n) is 5.32. The van der Waals surface area contributed by atoms with Gasteiger partial charge >= 0.3 is 5.97 Å². The number of carboxylic acid groups (broad SMARTS) is 1. The lowest BCUT2D eigenvalue weighted by molar-refractivity contribution is -0.151. The van der Waals surface area contributed by atoms with E-state index in [1.807, 2.05) is 6.92 Å². The standard InChI is InChI=1S/C13H24N2O3/c1-10(8-14-2)11(16)15-9-13(12(17)18)6-4-3-5-7-13/h10,14H,3-9H2,1-2H3,(H,15,16)(H,17,18). The third kappa shape index (κ3) is 3.70. The van der Waals surface area contributed by atoms with Gasteiger partial charge in [-0.1, -0.05) is 26.2 Å². The lowest BCUT2D eigenvalue weighted by atomic mass is 9.74. The van der Waals surface area contributed by atoms with Crippen molar-refractivity contribution in [3.63, 3.8) is 0 Å². The first-order valence-electron chi connectivity index (χ1n) is 6.67. The Balaban J connectivity index is 2.52. The van der Waals surface area contributed by atoms with Gasteiger partial charge in [0, 0.05) is 19.0 Å². The molecule has 0 aromatic heterocycles. The summed E-state index contributed by atoms with van der Waals surface area (Å²) in [6.45, 7) is 2.70. The summed E-state index contributed by atoms with van der Waals surface area (Å²) in [5, 5.41) is 15.1. The van der Waals surface area contributed by atoms with Gasteiger partial charge in [0.05, 0.1) is 5.41 Å². The van der Waals surface area contributed by atoms with Crippen LogP contribution in [-0.2, 0) is 9.59 Å². The van der Waals surface area contributed by atoms with Crippen LogP contribution in [0.15, 0.2) is 0 Å². The van der Waals surface area contributed by atoms with Gasteiger partial charge in [-0.2, -0.15) is 0 Å². The Bertz CT molecular complexity index is 299. The molecule has 5 nitrogen and oxygen atoms in total. The van der Waals surface area contributed by atoms with E-state index in [-0.39, 0.29) is 18.4 Å². The minimum atomic E-state index is -0.774. The molecule has 0 radical (unpaired) electrons. The van der Waals surface area contributed by atoms with Gasteiger partial charge in [-0.3, -0.25) is 9.59 Å². The smallest absolute Gasteiger partial charge is 0.311 e. The average molecular weight is 256 g/mol. The average Bonchev–Trinajstić information content (AvgIpc) is 2.37. The molecule has 1 aliphatic rings. The predicted molar refractivity (Wildman–Crippen MR) is 69.3 cm³/mol. The third-order valence-corrected chi connectivity index (χ3v) is 3.82. The molecule has 1 unspecified atom stereocenters. The summed E-state index contributed by atoms with van der Waals surface area (Å²) in [4.78, 5) is 23.2. The van der Waals surface area contributed by atoms with E-state index in [0.29, 0.717) is 19.4 Å². The van der Waals surface area contributed by atoms with Crippen LogP contribution in [0.25, 0.3) is 0 Å². The summed E-state index contributed by atoms with van der Waals surface area (Å²) < 4.78 is 0. The molecule has 0 spiro atoms. The minimum Gasteiger partial charge on any atom is -0.481 e. The summed E-state index contributed by atoms with van der Waals surface area (Å²) in [5.74, 6) is -0.983. The van der Waals surface area contributed by atoms with Crippen LogP contribution in [-0.4, -0.2) is 37.1 Å². The van der Waals surface area contributed by atoms with Crippen LogP contribution in [0.3, 0.4) is 0 Å². The van der Waals surface area contributed by atoms with E-state index < -0.39 is 11.4 Å². The van der Waals surface area contributed by atoms with E-state index >= 15 is 0 Å². The first-order chi connectivity index (χ1) is 8.52. The van der Waals surface area contributed by atoms with Gasteiger partial charge in [0.1, 0.15) is 0 Å². The Morgan fingerprint density at radius 2 is 1.89 bits per heavy atom. The van der Waals surface area contributed by atoms with Gasteiger partial charge in [-0.15, -0.1) is 0 Å². The molecule has 1 atom stereocenters. The molecule has 3 N–H and O–H groups in total. The summed E-state index contributed by atoms with van der Waals surface area (Å²) >= 11 is 0. The zero-order valence-corrected chi connectivity index (χ0v) is 11.3. The van der Waals surface area contributed by atoms with Crippen LogP contribution in [0, 0.1) is 11.3 Å². The summed E-state index contributed by atoms with van der Waals surface area (Å²) in [5.41, 5.74) is -0.743. The lowest BCUT2D eigenvalue weighted by Crippen LogP contribution is -2.46. The molecule has 0 saturated heterocycles. The maximum atomic E-state index is 11.8. The molecule has 5 heteroatoms. The van der Waals surface area contributed by atoms with Crippen molar-refractivity contribution in [2.45, 2.75) is 39.0 Å². The van der Waals surface area contributed by atoms with Crippen molar-refractivity contribution in [3.8, 4) is 0 Å². The van der Waals surface area contributed by atoms with Gasteiger partial charge in [-0.05, 0) is 19.9 Å². The fourth-order valence-electron chi connectivity index (χ4n) is 2.52. The topological polar surface area (TPSA) is 78.4 Å². The molecule has 104 valence electrons. The van der Waals surface area contributed by atoms with Crippen molar-refractivity contribution in [2.75, 3.05) is 20.1 Å². The van der Waals surface area contributed by atoms with E-state index in [9.17, 15) is 14.7 Å². The van der Waals surface area contributed by atoms with Crippen LogP contribution in [0.5, 0.6) is 0 Å². The molecular weight excluding hydrogens is 232 g/mol. The highest BCUT2D eigenvalue weighted by Gasteiger charge is 2.39. The molecule has 0 bridgehead atoms. The van der Waals surface area contributed by atoms with E-state index in [2.05, 4.69) is 10.6 Å². The van der Waals surface area contributed by atoms with Gasteiger partial charge in [0.15, 0.2) is 0 Å². The summed E-state index contributed by atoms with van der Waals surface area (Å²) in [6.07, 6.45) is 4.31. The number of carbonyl (C=O) groups is 2. The number of nitrogens with one attached hydrogen (secondary N) is 2. The fraction of sp³-hybridized carbons (Fsp3) is 0.846. The molecule has 1 amide bonds. The Hall–Kier alpha value is -1.10. The molecular formula is C13H24N2O3. The monoisotopic (exact) mass is 256 g/mol. The zero-order chi connectivity index (χ0) is 13.6. The predicted octanol–water partition coefficient (Wildman–Crippen LogP) is 0.993. The normalized spacial score (nSPS) is 20.1. The van der Waals surface area contributed by atoms with Crippen LogP contribution < -0.4 is 10.6 Å². The number of carbonyl (C=O) groups excluding carboxylic acids is 1. The summed E-state index contributed by atoms with van der Waals surface area (Å²) in [6, 6.07) is 0. The van der Waals surface area contributed by atoms with E-state index in [0.717, 1.165) is 19.3 Å². The maximum Gasteiger partial charge on any atom is 0.311 e. The van der Waals surface area contributed by atoms with Crippen LogP contribution >= 0.6 is 0 Å². The first kappa shape index (κ1) is 15.0. The molecule has 1 fully saturated rings. The zero-order valence-electron chi connectivity index (χ0n) is 11.3. The van der Waals surface area contributed by atoms with Gasteiger partial charge < -0.3 is 15.7 Å². The summed E-state index contributed by atoms with van der Waals surface area (Å²) in [7, 11) is 1.80. The molecule has 0 aliphatic heterocycles. The van der Waals surface area contributed by atoms with Crippen molar-refractivity contribution in [1.82, 2.24) is 10.6 Å². The Morgan fingerprint density at radius 1 is 1.28 bits per heavy atom. The lowest BCUT2D eigenvalue weighted by Gasteiger charge is -2.33. The highest BCUT2D eigenvalue weighted by molar-refractivity contribution is 5.80. The fourth-order valence-corrected chi connectivity index (χ4v) is 2.52. The quantitative estimate of drug-likeness (QED) is 0.662. The molecule has 0 aromatic carbocycles. The first-order valence-corrected chi connectivity index (χ1v) is 6.67. The third-order valence-electron chi connectivity index (χ3n) is 3.82.